The van der Waals surface area contributed by atoms with E-state index >= 15 is 0 Å². The molecule has 0 aromatic carbocycles. The first-order chi connectivity index (χ1) is 16.1. The zero-order valence-electron chi connectivity index (χ0n) is 19.3. The molecule has 1 N–H and O–H groups in total. The summed E-state index contributed by atoms with van der Waals surface area (Å²) in [6.45, 7) is 4.70. The molecule has 0 saturated heterocycles. The standard InChI is InChI=1S/C25H32N4O3S/c1-17-21-24(27-20-11-3-2-6-13-29(20)25(21)31)33-22(17)23(30)26-12-14-28(18-8-4-5-9-18)16-19-10-7-15-32-19/h7,10,15,18H,2-6,8-9,11-14,16H2,1H3,(H,26,30). The largest absolute Gasteiger partial charge is 0.468 e. The van der Waals surface area contributed by atoms with Gasteiger partial charge < -0.3 is 9.73 Å². The van der Waals surface area contributed by atoms with Gasteiger partial charge in [-0.25, -0.2) is 4.98 Å². The Bertz CT molecular complexity index is 1170. The van der Waals surface area contributed by atoms with E-state index in [2.05, 4.69) is 10.2 Å². The predicted molar refractivity (Wildman–Crippen MR) is 130 cm³/mol. The monoisotopic (exact) mass is 468 g/mol. The van der Waals surface area contributed by atoms with Crippen molar-refractivity contribution in [1.82, 2.24) is 19.8 Å². The maximum atomic E-state index is 13.2. The van der Waals surface area contributed by atoms with E-state index in [1.54, 1.807) is 6.26 Å². The lowest BCUT2D eigenvalue weighted by Crippen LogP contribution is -2.39. The molecule has 33 heavy (non-hydrogen) atoms. The molecule has 0 spiro atoms. The number of amides is 1. The van der Waals surface area contributed by atoms with Crippen LogP contribution in [-0.4, -0.2) is 39.5 Å². The van der Waals surface area contributed by atoms with Crippen LogP contribution in [-0.2, 0) is 19.5 Å². The quantitative estimate of drug-likeness (QED) is 0.560. The van der Waals surface area contributed by atoms with Gasteiger partial charge in [-0.1, -0.05) is 19.3 Å². The van der Waals surface area contributed by atoms with Crippen molar-refractivity contribution in [2.45, 2.75) is 77.4 Å². The molecule has 2 aliphatic rings. The van der Waals surface area contributed by atoms with Crippen LogP contribution in [0.1, 0.15) is 71.8 Å². The number of hydrogen-bond donors (Lipinski definition) is 1. The Morgan fingerprint density at radius 3 is 2.91 bits per heavy atom. The van der Waals surface area contributed by atoms with Crippen LogP contribution in [0.3, 0.4) is 0 Å². The first-order valence-corrected chi connectivity index (χ1v) is 13.0. The van der Waals surface area contributed by atoms with E-state index < -0.39 is 0 Å². The van der Waals surface area contributed by atoms with E-state index in [1.165, 1.54) is 37.0 Å². The van der Waals surface area contributed by atoms with Gasteiger partial charge in [-0.3, -0.25) is 19.1 Å². The van der Waals surface area contributed by atoms with Crippen LogP contribution >= 0.6 is 11.3 Å². The highest BCUT2D eigenvalue weighted by molar-refractivity contribution is 7.20. The first kappa shape index (κ1) is 22.3. The molecule has 1 amide bonds. The average Bonchev–Trinajstić information content (AvgIpc) is 3.53. The molecule has 0 radical (unpaired) electrons. The van der Waals surface area contributed by atoms with Gasteiger partial charge in [-0.2, -0.15) is 0 Å². The second kappa shape index (κ2) is 9.81. The molecule has 0 bridgehead atoms. The SMILES string of the molecule is Cc1c(C(=O)NCCN(Cc2ccco2)C2CCCC2)sc2nc3n(c(=O)c12)CCCCC3. The minimum absolute atomic E-state index is 0.00977. The zero-order chi connectivity index (χ0) is 22.8. The number of carbonyl (C=O) groups excluding carboxylic acids is 1. The fourth-order valence-corrected chi connectivity index (χ4v) is 6.39. The van der Waals surface area contributed by atoms with Crippen LogP contribution in [0.5, 0.6) is 0 Å². The first-order valence-electron chi connectivity index (χ1n) is 12.2. The summed E-state index contributed by atoms with van der Waals surface area (Å²) in [6.07, 6.45) is 10.7. The highest BCUT2D eigenvalue weighted by atomic mass is 32.1. The molecule has 3 aromatic rings. The minimum Gasteiger partial charge on any atom is -0.468 e. The summed E-state index contributed by atoms with van der Waals surface area (Å²) >= 11 is 1.35. The Morgan fingerprint density at radius 1 is 1.27 bits per heavy atom. The van der Waals surface area contributed by atoms with Crippen molar-refractivity contribution in [3.05, 3.63) is 50.8 Å². The lowest BCUT2D eigenvalue weighted by atomic mass is 10.2. The fourth-order valence-electron chi connectivity index (χ4n) is 5.28. The van der Waals surface area contributed by atoms with Gasteiger partial charge in [0.25, 0.3) is 11.5 Å². The molecular weight excluding hydrogens is 436 g/mol. The number of furan rings is 1. The summed E-state index contributed by atoms with van der Waals surface area (Å²) in [5.41, 5.74) is 0.767. The van der Waals surface area contributed by atoms with Crippen molar-refractivity contribution in [1.29, 1.82) is 0 Å². The molecule has 0 atom stereocenters. The summed E-state index contributed by atoms with van der Waals surface area (Å²) in [7, 11) is 0. The molecule has 8 heteroatoms. The molecule has 3 aromatic heterocycles. The number of nitrogens with one attached hydrogen (secondary N) is 1. The molecule has 1 fully saturated rings. The number of hydrogen-bond acceptors (Lipinski definition) is 6. The van der Waals surface area contributed by atoms with Crippen molar-refractivity contribution in [2.75, 3.05) is 13.1 Å². The summed E-state index contributed by atoms with van der Waals surface area (Å²) in [6, 6.07) is 4.47. The summed E-state index contributed by atoms with van der Waals surface area (Å²) in [5.74, 6) is 1.71. The van der Waals surface area contributed by atoms with Gasteiger partial charge in [0.1, 0.15) is 16.4 Å². The van der Waals surface area contributed by atoms with Gasteiger partial charge in [0.15, 0.2) is 0 Å². The third-order valence-corrected chi connectivity index (χ3v) is 8.27. The summed E-state index contributed by atoms with van der Waals surface area (Å²) in [5, 5.41) is 3.71. The van der Waals surface area contributed by atoms with Crippen molar-refractivity contribution >= 4 is 27.5 Å². The molecule has 0 unspecified atom stereocenters. The third kappa shape index (κ3) is 4.64. The normalized spacial score (nSPS) is 16.9. The summed E-state index contributed by atoms with van der Waals surface area (Å²) < 4.78 is 7.39. The van der Waals surface area contributed by atoms with E-state index in [1.807, 2.05) is 23.6 Å². The maximum absolute atomic E-state index is 13.2. The van der Waals surface area contributed by atoms with Crippen LogP contribution < -0.4 is 10.9 Å². The number of aromatic nitrogens is 2. The highest BCUT2D eigenvalue weighted by Gasteiger charge is 2.25. The van der Waals surface area contributed by atoms with Crippen LogP contribution in [0.2, 0.25) is 0 Å². The van der Waals surface area contributed by atoms with Crippen LogP contribution in [0.15, 0.2) is 27.6 Å². The Balaban J connectivity index is 1.30. The number of thiophene rings is 1. The molecule has 5 rings (SSSR count). The van der Waals surface area contributed by atoms with E-state index in [0.29, 0.717) is 27.7 Å². The molecule has 176 valence electrons. The molecule has 1 saturated carbocycles. The van der Waals surface area contributed by atoms with Crippen LogP contribution in [0, 0.1) is 6.92 Å². The van der Waals surface area contributed by atoms with Crippen LogP contribution in [0.25, 0.3) is 10.2 Å². The maximum Gasteiger partial charge on any atom is 0.262 e. The zero-order valence-corrected chi connectivity index (χ0v) is 20.1. The van der Waals surface area contributed by atoms with Gasteiger partial charge in [-0.15, -0.1) is 11.3 Å². The van der Waals surface area contributed by atoms with E-state index in [4.69, 9.17) is 9.40 Å². The molecular formula is C25H32N4O3S. The molecule has 4 heterocycles. The lowest BCUT2D eigenvalue weighted by molar-refractivity contribution is 0.0944. The predicted octanol–water partition coefficient (Wildman–Crippen LogP) is 4.26. The van der Waals surface area contributed by atoms with E-state index in [-0.39, 0.29) is 11.5 Å². The smallest absolute Gasteiger partial charge is 0.262 e. The molecule has 1 aliphatic heterocycles. The number of carbonyl (C=O) groups is 1. The van der Waals surface area contributed by atoms with Crippen molar-refractivity contribution in [2.24, 2.45) is 0 Å². The van der Waals surface area contributed by atoms with Crippen molar-refractivity contribution < 1.29 is 9.21 Å². The second-order valence-corrected chi connectivity index (χ2v) is 10.3. The van der Waals surface area contributed by atoms with Crippen molar-refractivity contribution in [3.63, 3.8) is 0 Å². The minimum atomic E-state index is -0.112. The number of rotatable bonds is 7. The lowest BCUT2D eigenvalue weighted by Gasteiger charge is -2.28. The average molecular weight is 469 g/mol. The Kier molecular flexibility index (Phi) is 6.64. The van der Waals surface area contributed by atoms with E-state index in [9.17, 15) is 9.59 Å². The number of nitrogens with zero attached hydrogens (tertiary/aromatic N) is 3. The van der Waals surface area contributed by atoms with Gasteiger partial charge in [0.2, 0.25) is 0 Å². The fraction of sp³-hybridized carbons (Fsp3) is 0.560. The van der Waals surface area contributed by atoms with Gasteiger partial charge in [-0.05, 0) is 50.3 Å². The van der Waals surface area contributed by atoms with Crippen LogP contribution in [0.4, 0.5) is 0 Å². The summed E-state index contributed by atoms with van der Waals surface area (Å²) in [4.78, 5) is 34.7. The highest BCUT2D eigenvalue weighted by Crippen LogP contribution is 2.28. The number of fused-ring (bicyclic) bond motifs is 2. The second-order valence-electron chi connectivity index (χ2n) is 9.28. The molecule has 7 nitrogen and oxygen atoms in total. The Hall–Kier alpha value is -2.45. The number of aryl methyl sites for hydroxylation is 2. The van der Waals surface area contributed by atoms with Crippen molar-refractivity contribution in [3.8, 4) is 0 Å². The van der Waals surface area contributed by atoms with Gasteiger partial charge in [0.05, 0.1) is 23.1 Å². The Labute approximate surface area is 197 Å². The van der Waals surface area contributed by atoms with E-state index in [0.717, 1.165) is 62.5 Å². The van der Waals surface area contributed by atoms with Gasteiger partial charge in [0, 0.05) is 32.1 Å². The van der Waals surface area contributed by atoms with Gasteiger partial charge >= 0.3 is 0 Å². The Morgan fingerprint density at radius 2 is 2.12 bits per heavy atom. The topological polar surface area (TPSA) is 80.4 Å². The third-order valence-electron chi connectivity index (χ3n) is 7.08. The molecule has 1 aliphatic carbocycles.